The van der Waals surface area contributed by atoms with Gasteiger partial charge in [0.15, 0.2) is 0 Å². The van der Waals surface area contributed by atoms with Crippen LogP contribution in [0.4, 0.5) is 0 Å². The maximum absolute atomic E-state index is 12.1. The van der Waals surface area contributed by atoms with E-state index < -0.39 is 0 Å². The summed E-state index contributed by atoms with van der Waals surface area (Å²) in [6, 6.07) is 5.84. The largest absolute Gasteiger partial charge is 0.339 e. The molecule has 0 atom stereocenters. The topological polar surface area (TPSA) is 20.3 Å². The summed E-state index contributed by atoms with van der Waals surface area (Å²) in [7, 11) is 1.82. The summed E-state index contributed by atoms with van der Waals surface area (Å²) in [5.74, 6) is 0.0541. The molecular formula is C12H17NOS. The first-order chi connectivity index (χ1) is 6.93. The number of rotatable bonds is 2. The Balaban J connectivity index is 3.05. The monoisotopic (exact) mass is 223 g/mol. The molecule has 15 heavy (non-hydrogen) atoms. The maximum Gasteiger partial charge on any atom is 0.254 e. The van der Waals surface area contributed by atoms with E-state index in [0.717, 1.165) is 16.0 Å². The van der Waals surface area contributed by atoms with Crippen molar-refractivity contribution in [1.29, 1.82) is 0 Å². The Hall–Kier alpha value is -0.960. The minimum atomic E-state index is 0.0541. The van der Waals surface area contributed by atoms with Crippen LogP contribution in [0.2, 0.25) is 0 Å². The van der Waals surface area contributed by atoms with Gasteiger partial charge in [-0.05, 0) is 38.5 Å². The van der Waals surface area contributed by atoms with Crippen LogP contribution in [0.25, 0.3) is 0 Å². The second-order valence-electron chi connectivity index (χ2n) is 4.01. The van der Waals surface area contributed by atoms with Crippen LogP contribution < -0.4 is 0 Å². The number of hydrogen-bond acceptors (Lipinski definition) is 2. The van der Waals surface area contributed by atoms with Crippen LogP contribution in [-0.2, 0) is 0 Å². The van der Waals surface area contributed by atoms with Crippen LogP contribution in [0, 0.1) is 6.92 Å². The summed E-state index contributed by atoms with van der Waals surface area (Å²) in [4.78, 5) is 14.6. The minimum absolute atomic E-state index is 0.0541. The Bertz CT molecular complexity index is 374. The van der Waals surface area contributed by atoms with Crippen molar-refractivity contribution >= 4 is 18.5 Å². The van der Waals surface area contributed by atoms with Gasteiger partial charge in [-0.2, -0.15) is 0 Å². The number of aryl methyl sites for hydroxylation is 1. The zero-order chi connectivity index (χ0) is 11.6. The van der Waals surface area contributed by atoms with Crippen molar-refractivity contribution in [2.45, 2.75) is 31.7 Å². The lowest BCUT2D eigenvalue weighted by atomic mass is 10.1. The van der Waals surface area contributed by atoms with E-state index in [1.807, 2.05) is 46.0 Å². The van der Waals surface area contributed by atoms with E-state index in [1.165, 1.54) is 0 Å². The van der Waals surface area contributed by atoms with Crippen molar-refractivity contribution in [2.75, 3.05) is 7.05 Å². The standard InChI is InChI=1S/C12H17NOS/c1-8(2)13(4)12(14)11-7-10(15)6-5-9(11)3/h5-8,15H,1-4H3. The SMILES string of the molecule is Cc1ccc(S)cc1C(=O)N(C)C(C)C. The number of carbonyl (C=O) groups excluding carboxylic acids is 1. The fourth-order valence-corrected chi connectivity index (χ4v) is 1.47. The molecular weight excluding hydrogens is 206 g/mol. The van der Waals surface area contributed by atoms with Gasteiger partial charge in [-0.1, -0.05) is 6.07 Å². The zero-order valence-electron chi connectivity index (χ0n) is 9.61. The summed E-state index contributed by atoms with van der Waals surface area (Å²) in [6.07, 6.45) is 0. The van der Waals surface area contributed by atoms with Gasteiger partial charge in [-0.25, -0.2) is 0 Å². The molecule has 0 spiro atoms. The highest BCUT2D eigenvalue weighted by atomic mass is 32.1. The van der Waals surface area contributed by atoms with Crippen molar-refractivity contribution in [2.24, 2.45) is 0 Å². The Morgan fingerprint density at radius 1 is 1.40 bits per heavy atom. The lowest BCUT2D eigenvalue weighted by Gasteiger charge is -2.22. The normalized spacial score (nSPS) is 10.5. The van der Waals surface area contributed by atoms with E-state index in [4.69, 9.17) is 0 Å². The Labute approximate surface area is 96.7 Å². The maximum atomic E-state index is 12.1. The Kier molecular flexibility index (Phi) is 3.80. The Morgan fingerprint density at radius 3 is 2.53 bits per heavy atom. The third kappa shape index (κ3) is 2.75. The molecule has 0 aliphatic heterocycles. The smallest absolute Gasteiger partial charge is 0.254 e. The third-order valence-corrected chi connectivity index (χ3v) is 2.82. The lowest BCUT2D eigenvalue weighted by Crippen LogP contribution is -2.33. The zero-order valence-corrected chi connectivity index (χ0v) is 10.5. The third-order valence-electron chi connectivity index (χ3n) is 2.55. The van der Waals surface area contributed by atoms with Gasteiger partial charge >= 0.3 is 0 Å². The highest BCUT2D eigenvalue weighted by molar-refractivity contribution is 7.80. The number of carbonyl (C=O) groups is 1. The fourth-order valence-electron chi connectivity index (χ4n) is 1.26. The van der Waals surface area contributed by atoms with Crippen molar-refractivity contribution in [3.63, 3.8) is 0 Å². The molecule has 0 N–H and O–H groups in total. The van der Waals surface area contributed by atoms with E-state index in [1.54, 1.807) is 4.90 Å². The first-order valence-electron chi connectivity index (χ1n) is 5.00. The number of amides is 1. The molecule has 1 aromatic rings. The van der Waals surface area contributed by atoms with Crippen molar-refractivity contribution in [3.8, 4) is 0 Å². The second kappa shape index (κ2) is 4.71. The molecule has 1 aromatic carbocycles. The average molecular weight is 223 g/mol. The summed E-state index contributed by atoms with van der Waals surface area (Å²) in [5, 5.41) is 0. The first kappa shape index (κ1) is 12.1. The summed E-state index contributed by atoms with van der Waals surface area (Å²) in [5.41, 5.74) is 1.73. The molecule has 0 fully saturated rings. The van der Waals surface area contributed by atoms with Gasteiger partial charge in [0.2, 0.25) is 0 Å². The molecule has 0 aliphatic rings. The van der Waals surface area contributed by atoms with Gasteiger partial charge in [0.1, 0.15) is 0 Å². The first-order valence-corrected chi connectivity index (χ1v) is 5.45. The predicted octanol–water partition coefficient (Wildman–Crippen LogP) is 2.76. The quantitative estimate of drug-likeness (QED) is 0.764. The number of hydrogen-bond donors (Lipinski definition) is 1. The number of nitrogens with zero attached hydrogens (tertiary/aromatic N) is 1. The number of benzene rings is 1. The fraction of sp³-hybridized carbons (Fsp3) is 0.417. The van der Waals surface area contributed by atoms with Gasteiger partial charge in [-0.15, -0.1) is 12.6 Å². The molecule has 3 heteroatoms. The molecule has 2 nitrogen and oxygen atoms in total. The average Bonchev–Trinajstić information content (AvgIpc) is 2.19. The summed E-state index contributed by atoms with van der Waals surface area (Å²) < 4.78 is 0. The van der Waals surface area contributed by atoms with E-state index in [2.05, 4.69) is 12.6 Å². The molecule has 82 valence electrons. The number of thiol groups is 1. The Morgan fingerprint density at radius 2 is 2.00 bits per heavy atom. The van der Waals surface area contributed by atoms with Crippen LogP contribution in [0.3, 0.4) is 0 Å². The van der Waals surface area contributed by atoms with Gasteiger partial charge in [0.25, 0.3) is 5.91 Å². The molecule has 0 bridgehead atoms. The molecule has 0 aliphatic carbocycles. The van der Waals surface area contributed by atoms with E-state index in [9.17, 15) is 4.79 Å². The van der Waals surface area contributed by atoms with Crippen LogP contribution >= 0.6 is 12.6 Å². The van der Waals surface area contributed by atoms with Crippen molar-refractivity contribution in [3.05, 3.63) is 29.3 Å². The van der Waals surface area contributed by atoms with Gasteiger partial charge in [0, 0.05) is 23.5 Å². The predicted molar refractivity (Wildman–Crippen MR) is 65.7 cm³/mol. The molecule has 0 aromatic heterocycles. The van der Waals surface area contributed by atoms with Gasteiger partial charge in [-0.3, -0.25) is 4.79 Å². The van der Waals surface area contributed by atoms with Crippen LogP contribution in [0.1, 0.15) is 29.8 Å². The lowest BCUT2D eigenvalue weighted by molar-refractivity contribution is 0.0754. The van der Waals surface area contributed by atoms with E-state index in [0.29, 0.717) is 0 Å². The summed E-state index contributed by atoms with van der Waals surface area (Å²) in [6.45, 7) is 5.93. The molecule has 0 saturated heterocycles. The van der Waals surface area contributed by atoms with Gasteiger partial charge in [0.05, 0.1) is 0 Å². The van der Waals surface area contributed by atoms with Crippen LogP contribution in [-0.4, -0.2) is 23.9 Å². The van der Waals surface area contributed by atoms with E-state index in [-0.39, 0.29) is 11.9 Å². The molecule has 1 rings (SSSR count). The molecule has 1 amide bonds. The van der Waals surface area contributed by atoms with E-state index >= 15 is 0 Å². The minimum Gasteiger partial charge on any atom is -0.339 e. The highest BCUT2D eigenvalue weighted by Crippen LogP contribution is 2.16. The van der Waals surface area contributed by atoms with Crippen molar-refractivity contribution < 1.29 is 4.79 Å². The molecule has 0 heterocycles. The van der Waals surface area contributed by atoms with Crippen LogP contribution in [0.5, 0.6) is 0 Å². The molecule has 0 radical (unpaired) electrons. The van der Waals surface area contributed by atoms with Crippen LogP contribution in [0.15, 0.2) is 23.1 Å². The van der Waals surface area contributed by atoms with Crippen molar-refractivity contribution in [1.82, 2.24) is 4.90 Å². The van der Waals surface area contributed by atoms with Gasteiger partial charge < -0.3 is 4.90 Å². The summed E-state index contributed by atoms with van der Waals surface area (Å²) >= 11 is 4.25. The second-order valence-corrected chi connectivity index (χ2v) is 4.53. The molecule has 0 unspecified atom stereocenters. The molecule has 0 saturated carbocycles. The highest BCUT2D eigenvalue weighted by Gasteiger charge is 2.16.